The molecule has 2 aromatic carbocycles. The van der Waals surface area contributed by atoms with Crippen molar-refractivity contribution < 1.29 is 14.0 Å². The highest BCUT2D eigenvalue weighted by Gasteiger charge is 2.21. The van der Waals surface area contributed by atoms with Crippen molar-refractivity contribution in [3.05, 3.63) is 74.3 Å². The first-order valence-electron chi connectivity index (χ1n) is 6.30. The van der Waals surface area contributed by atoms with Crippen molar-refractivity contribution in [1.82, 2.24) is 0 Å². The van der Waals surface area contributed by atoms with Crippen LogP contribution in [0.4, 0.5) is 11.4 Å². The number of hydrogen-bond acceptors (Lipinski definition) is 6. The Morgan fingerprint density at radius 1 is 1.05 bits per heavy atom. The number of hydrogen-bond donors (Lipinski definition) is 0. The Balaban J connectivity index is 2.15. The van der Waals surface area contributed by atoms with E-state index in [1.165, 1.54) is 12.1 Å². The van der Waals surface area contributed by atoms with Crippen LogP contribution in [-0.2, 0) is 4.18 Å². The molecule has 0 saturated heterocycles. The summed E-state index contributed by atoms with van der Waals surface area (Å²) < 4.78 is 5.55. The Kier molecular flexibility index (Phi) is 5.08. The zero-order valence-electron chi connectivity index (χ0n) is 11.5. The van der Waals surface area contributed by atoms with E-state index >= 15 is 0 Å². The van der Waals surface area contributed by atoms with Crippen LogP contribution in [0.25, 0.3) is 0 Å². The average Bonchev–Trinajstić information content (AvgIpc) is 2.53. The third-order valence-corrected chi connectivity index (χ3v) is 3.81. The summed E-state index contributed by atoms with van der Waals surface area (Å²) in [5.41, 5.74) is 0.256. The molecule has 0 amide bonds. The first-order valence-corrected chi connectivity index (χ1v) is 7.04. The van der Waals surface area contributed by atoms with E-state index in [1.54, 1.807) is 0 Å². The fraction of sp³-hybridized carbons (Fsp3) is 0.143. The standard InChI is InChI=1S/C14H12N2O5S/c1-10(11-5-3-2-4-6-11)21-22-14-8-7-12(15(17)18)9-13(14)16(19)20/h2-10H,1H3/t10-/m1/s1. The van der Waals surface area contributed by atoms with Gasteiger partial charge in [-0.3, -0.25) is 20.2 Å². The van der Waals surface area contributed by atoms with E-state index in [9.17, 15) is 20.2 Å². The molecule has 0 radical (unpaired) electrons. The molecule has 0 bridgehead atoms. The van der Waals surface area contributed by atoms with Crippen LogP contribution in [0.2, 0.25) is 0 Å². The fourth-order valence-electron chi connectivity index (χ4n) is 1.74. The molecule has 7 nitrogen and oxygen atoms in total. The maximum atomic E-state index is 11.0. The number of nitro groups is 2. The molecule has 0 N–H and O–H groups in total. The molecule has 114 valence electrons. The third-order valence-electron chi connectivity index (χ3n) is 2.90. The van der Waals surface area contributed by atoms with Crippen LogP contribution >= 0.6 is 12.0 Å². The first kappa shape index (κ1) is 15.9. The molecule has 2 rings (SSSR count). The quantitative estimate of drug-likeness (QED) is 0.447. The van der Waals surface area contributed by atoms with Gasteiger partial charge in [0.25, 0.3) is 11.4 Å². The van der Waals surface area contributed by atoms with Gasteiger partial charge in [0.2, 0.25) is 0 Å². The van der Waals surface area contributed by atoms with Gasteiger partial charge in [-0.15, -0.1) is 0 Å². The van der Waals surface area contributed by atoms with E-state index in [4.69, 9.17) is 4.18 Å². The lowest BCUT2D eigenvalue weighted by atomic mass is 10.1. The maximum Gasteiger partial charge on any atom is 0.292 e. The Labute approximate surface area is 130 Å². The van der Waals surface area contributed by atoms with Crippen LogP contribution in [0.1, 0.15) is 18.6 Å². The highest BCUT2D eigenvalue weighted by atomic mass is 32.2. The molecule has 2 aromatic rings. The molecule has 0 aliphatic carbocycles. The highest BCUT2D eigenvalue weighted by molar-refractivity contribution is 7.94. The van der Waals surface area contributed by atoms with Crippen LogP contribution in [0.15, 0.2) is 53.4 Å². The summed E-state index contributed by atoms with van der Waals surface area (Å²) >= 11 is 0.834. The maximum absolute atomic E-state index is 11.0. The Morgan fingerprint density at radius 2 is 1.73 bits per heavy atom. The minimum atomic E-state index is -0.672. The van der Waals surface area contributed by atoms with Crippen molar-refractivity contribution in [3.8, 4) is 0 Å². The summed E-state index contributed by atoms with van der Waals surface area (Å²) in [5, 5.41) is 21.7. The lowest BCUT2D eigenvalue weighted by Gasteiger charge is -2.11. The predicted molar refractivity (Wildman–Crippen MR) is 81.5 cm³/mol. The van der Waals surface area contributed by atoms with Gasteiger partial charge < -0.3 is 4.18 Å². The molecule has 1 atom stereocenters. The molecule has 0 aliphatic rings. The van der Waals surface area contributed by atoms with E-state index in [1.807, 2.05) is 37.3 Å². The van der Waals surface area contributed by atoms with Crippen molar-refractivity contribution in [3.63, 3.8) is 0 Å². The molecule has 0 spiro atoms. The van der Waals surface area contributed by atoms with Crippen LogP contribution in [-0.4, -0.2) is 9.85 Å². The largest absolute Gasteiger partial charge is 0.302 e. The molecule has 0 aliphatic heterocycles. The van der Waals surface area contributed by atoms with Gasteiger partial charge in [-0.25, -0.2) is 0 Å². The second-order valence-corrected chi connectivity index (χ2v) is 5.20. The predicted octanol–water partition coefficient (Wildman–Crippen LogP) is 4.29. The zero-order valence-corrected chi connectivity index (χ0v) is 12.4. The van der Waals surface area contributed by atoms with Crippen LogP contribution in [0.3, 0.4) is 0 Å². The van der Waals surface area contributed by atoms with Crippen molar-refractivity contribution in [2.24, 2.45) is 0 Å². The number of nitro benzene ring substituents is 2. The second kappa shape index (κ2) is 7.01. The van der Waals surface area contributed by atoms with Gasteiger partial charge in [-0.1, -0.05) is 30.3 Å². The third kappa shape index (κ3) is 3.80. The summed E-state index contributed by atoms with van der Waals surface area (Å²) in [5.74, 6) is 0. The Hall–Kier alpha value is -2.45. The molecular weight excluding hydrogens is 308 g/mol. The van der Waals surface area contributed by atoms with Crippen molar-refractivity contribution in [1.29, 1.82) is 0 Å². The normalized spacial score (nSPS) is 11.9. The molecule has 0 aromatic heterocycles. The minimum absolute atomic E-state index is 0.221. The summed E-state index contributed by atoms with van der Waals surface area (Å²) in [6.45, 7) is 1.82. The SMILES string of the molecule is C[C@@H](OSc1ccc([N+](=O)[O-])cc1[N+](=O)[O-])c1ccccc1. The van der Waals surface area contributed by atoms with E-state index in [0.717, 1.165) is 23.7 Å². The zero-order chi connectivity index (χ0) is 16.1. The van der Waals surface area contributed by atoms with Gasteiger partial charge in [0, 0.05) is 18.1 Å². The van der Waals surface area contributed by atoms with Crippen molar-refractivity contribution in [2.45, 2.75) is 17.9 Å². The lowest BCUT2D eigenvalue weighted by Crippen LogP contribution is -1.97. The average molecular weight is 320 g/mol. The molecule has 8 heteroatoms. The second-order valence-electron chi connectivity index (χ2n) is 4.40. The van der Waals surface area contributed by atoms with E-state index in [-0.39, 0.29) is 22.4 Å². The van der Waals surface area contributed by atoms with Crippen LogP contribution < -0.4 is 0 Å². The van der Waals surface area contributed by atoms with Gasteiger partial charge in [0.05, 0.1) is 22.0 Å². The summed E-state index contributed by atoms with van der Waals surface area (Å²) in [6.07, 6.45) is -0.277. The summed E-state index contributed by atoms with van der Waals surface area (Å²) in [7, 11) is 0. The van der Waals surface area contributed by atoms with Gasteiger partial charge in [0.1, 0.15) is 4.90 Å². The van der Waals surface area contributed by atoms with Crippen LogP contribution in [0, 0.1) is 20.2 Å². The Morgan fingerprint density at radius 3 is 2.32 bits per heavy atom. The summed E-state index contributed by atoms with van der Waals surface area (Å²) in [6, 6.07) is 12.8. The molecule has 0 fully saturated rings. The lowest BCUT2D eigenvalue weighted by molar-refractivity contribution is -0.396. The topological polar surface area (TPSA) is 95.5 Å². The van der Waals surface area contributed by atoms with Gasteiger partial charge in [-0.05, 0) is 18.6 Å². The summed E-state index contributed by atoms with van der Waals surface area (Å²) in [4.78, 5) is 20.6. The first-order chi connectivity index (χ1) is 10.5. The van der Waals surface area contributed by atoms with Gasteiger partial charge in [-0.2, -0.15) is 0 Å². The molecular formula is C14H12N2O5S. The number of non-ortho nitro benzene ring substituents is 1. The van der Waals surface area contributed by atoms with E-state index in [2.05, 4.69) is 0 Å². The smallest absolute Gasteiger partial charge is 0.292 e. The van der Waals surface area contributed by atoms with Crippen molar-refractivity contribution in [2.75, 3.05) is 0 Å². The molecule has 0 heterocycles. The minimum Gasteiger partial charge on any atom is -0.302 e. The fourth-order valence-corrected chi connectivity index (χ4v) is 2.44. The van der Waals surface area contributed by atoms with Gasteiger partial charge in [0.15, 0.2) is 0 Å². The van der Waals surface area contributed by atoms with Crippen molar-refractivity contribution >= 4 is 23.4 Å². The monoisotopic (exact) mass is 320 g/mol. The molecule has 0 saturated carbocycles. The number of nitrogens with zero attached hydrogens (tertiary/aromatic N) is 2. The van der Waals surface area contributed by atoms with E-state index < -0.39 is 9.85 Å². The van der Waals surface area contributed by atoms with E-state index in [0.29, 0.717) is 0 Å². The van der Waals surface area contributed by atoms with Crippen LogP contribution in [0.5, 0.6) is 0 Å². The van der Waals surface area contributed by atoms with Gasteiger partial charge >= 0.3 is 0 Å². The Bertz CT molecular complexity index is 693. The number of benzene rings is 2. The highest BCUT2D eigenvalue weighted by Crippen LogP contribution is 2.35. The molecule has 22 heavy (non-hydrogen) atoms. The molecule has 0 unspecified atom stereocenters. The number of rotatable bonds is 6.